The highest BCUT2D eigenvalue weighted by molar-refractivity contribution is 4.75. The number of hydrogen-bond donors (Lipinski definition) is 1. The molecular formula is C11H24N2. The molecule has 0 bridgehead atoms. The Labute approximate surface area is 82.7 Å². The van der Waals surface area contributed by atoms with Crippen molar-refractivity contribution in [3.05, 3.63) is 0 Å². The lowest BCUT2D eigenvalue weighted by atomic mass is 10.2. The molecule has 1 N–H and O–H groups in total. The Balaban J connectivity index is 2.37. The second-order valence-electron chi connectivity index (χ2n) is 4.71. The Morgan fingerprint density at radius 3 is 1.85 bits per heavy atom. The van der Waals surface area contributed by atoms with Crippen LogP contribution in [0.25, 0.3) is 0 Å². The zero-order chi connectivity index (χ0) is 9.84. The minimum atomic E-state index is 0.598. The third-order valence-electron chi connectivity index (χ3n) is 2.80. The summed E-state index contributed by atoms with van der Waals surface area (Å²) in [4.78, 5) is 0. The molecule has 0 radical (unpaired) electrons. The molecule has 78 valence electrons. The minimum Gasteiger partial charge on any atom is -0.252 e. The van der Waals surface area contributed by atoms with Gasteiger partial charge in [0.2, 0.25) is 0 Å². The summed E-state index contributed by atoms with van der Waals surface area (Å²) in [5.74, 6) is 0. The van der Waals surface area contributed by atoms with E-state index in [2.05, 4.69) is 38.1 Å². The van der Waals surface area contributed by atoms with Gasteiger partial charge in [-0.3, -0.25) is 5.43 Å². The number of hydrazine groups is 1. The zero-order valence-corrected chi connectivity index (χ0v) is 9.51. The molecule has 0 amide bonds. The molecule has 0 atom stereocenters. The van der Waals surface area contributed by atoms with Crippen LogP contribution in [0.5, 0.6) is 0 Å². The predicted molar refractivity (Wildman–Crippen MR) is 57.5 cm³/mol. The van der Waals surface area contributed by atoms with Gasteiger partial charge in [0.25, 0.3) is 0 Å². The van der Waals surface area contributed by atoms with E-state index in [0.717, 1.165) is 6.04 Å². The van der Waals surface area contributed by atoms with Gasteiger partial charge in [0.05, 0.1) is 0 Å². The summed E-state index contributed by atoms with van der Waals surface area (Å²) < 4.78 is 0. The van der Waals surface area contributed by atoms with Gasteiger partial charge in [-0.1, -0.05) is 12.8 Å². The molecule has 1 fully saturated rings. The van der Waals surface area contributed by atoms with Crippen LogP contribution in [0.4, 0.5) is 0 Å². The normalized spacial score (nSPS) is 19.6. The summed E-state index contributed by atoms with van der Waals surface area (Å²) in [5.41, 5.74) is 3.65. The Hall–Kier alpha value is -0.0800. The van der Waals surface area contributed by atoms with E-state index in [0.29, 0.717) is 12.1 Å². The maximum atomic E-state index is 3.65. The highest BCUT2D eigenvalue weighted by Crippen LogP contribution is 2.19. The van der Waals surface area contributed by atoms with E-state index in [1.54, 1.807) is 0 Å². The van der Waals surface area contributed by atoms with Gasteiger partial charge in [-0.05, 0) is 40.5 Å². The van der Waals surface area contributed by atoms with Crippen molar-refractivity contribution in [3.63, 3.8) is 0 Å². The monoisotopic (exact) mass is 184 g/mol. The summed E-state index contributed by atoms with van der Waals surface area (Å²) in [7, 11) is 0. The summed E-state index contributed by atoms with van der Waals surface area (Å²) in [6.45, 7) is 9.01. The van der Waals surface area contributed by atoms with Gasteiger partial charge in [0, 0.05) is 18.1 Å². The topological polar surface area (TPSA) is 15.3 Å². The van der Waals surface area contributed by atoms with E-state index in [1.807, 2.05) is 0 Å². The highest BCUT2D eigenvalue weighted by atomic mass is 15.5. The van der Waals surface area contributed by atoms with Gasteiger partial charge in [-0.15, -0.1) is 0 Å². The fourth-order valence-electron chi connectivity index (χ4n) is 2.16. The molecule has 2 nitrogen and oxygen atoms in total. The van der Waals surface area contributed by atoms with Crippen LogP contribution in [-0.2, 0) is 0 Å². The lowest BCUT2D eigenvalue weighted by molar-refractivity contribution is 0.0815. The average Bonchev–Trinajstić information content (AvgIpc) is 2.50. The first kappa shape index (κ1) is 11.0. The quantitative estimate of drug-likeness (QED) is 0.675. The molecule has 0 aliphatic heterocycles. The smallest absolute Gasteiger partial charge is 0.0215 e. The summed E-state index contributed by atoms with van der Waals surface area (Å²) in [5, 5.41) is 2.38. The second-order valence-corrected chi connectivity index (χ2v) is 4.71. The largest absolute Gasteiger partial charge is 0.252 e. The molecule has 0 saturated heterocycles. The Bertz CT molecular complexity index is 129. The van der Waals surface area contributed by atoms with Crippen molar-refractivity contribution in [2.45, 2.75) is 71.5 Å². The number of rotatable bonds is 4. The number of nitrogens with zero attached hydrogens (tertiary/aromatic N) is 1. The van der Waals surface area contributed by atoms with Crippen molar-refractivity contribution in [1.82, 2.24) is 10.4 Å². The molecule has 0 heterocycles. The van der Waals surface area contributed by atoms with E-state index in [-0.39, 0.29) is 0 Å². The molecular weight excluding hydrogens is 160 g/mol. The van der Waals surface area contributed by atoms with Crippen LogP contribution < -0.4 is 5.43 Å². The van der Waals surface area contributed by atoms with E-state index < -0.39 is 0 Å². The van der Waals surface area contributed by atoms with Gasteiger partial charge in [0.1, 0.15) is 0 Å². The van der Waals surface area contributed by atoms with E-state index >= 15 is 0 Å². The SMILES string of the molecule is CC(C)N(NC1CCCC1)C(C)C. The molecule has 0 aromatic rings. The zero-order valence-electron chi connectivity index (χ0n) is 9.51. The van der Waals surface area contributed by atoms with Crippen LogP contribution in [-0.4, -0.2) is 23.1 Å². The standard InChI is InChI=1S/C11H24N2/c1-9(2)13(10(3)4)12-11-7-5-6-8-11/h9-12H,5-8H2,1-4H3. The van der Waals surface area contributed by atoms with Gasteiger partial charge in [0.15, 0.2) is 0 Å². The minimum absolute atomic E-state index is 0.598. The van der Waals surface area contributed by atoms with Crippen LogP contribution in [0.15, 0.2) is 0 Å². The van der Waals surface area contributed by atoms with Crippen molar-refractivity contribution < 1.29 is 0 Å². The molecule has 13 heavy (non-hydrogen) atoms. The van der Waals surface area contributed by atoms with Crippen molar-refractivity contribution in [1.29, 1.82) is 0 Å². The van der Waals surface area contributed by atoms with Crippen molar-refractivity contribution in [3.8, 4) is 0 Å². The maximum absolute atomic E-state index is 3.65. The molecule has 1 aliphatic carbocycles. The number of hydrogen-bond acceptors (Lipinski definition) is 2. The van der Waals surface area contributed by atoms with Crippen LogP contribution in [0, 0.1) is 0 Å². The maximum Gasteiger partial charge on any atom is 0.0215 e. The fourth-order valence-corrected chi connectivity index (χ4v) is 2.16. The van der Waals surface area contributed by atoms with E-state index in [4.69, 9.17) is 0 Å². The van der Waals surface area contributed by atoms with Gasteiger partial charge in [-0.2, -0.15) is 0 Å². The fraction of sp³-hybridized carbons (Fsp3) is 1.00. The lowest BCUT2D eigenvalue weighted by Crippen LogP contribution is -2.51. The first-order valence-corrected chi connectivity index (χ1v) is 5.65. The van der Waals surface area contributed by atoms with E-state index in [9.17, 15) is 0 Å². The third kappa shape index (κ3) is 3.28. The summed E-state index contributed by atoms with van der Waals surface area (Å²) in [6.07, 6.45) is 5.52. The molecule has 1 aliphatic rings. The van der Waals surface area contributed by atoms with Crippen LogP contribution in [0.3, 0.4) is 0 Å². The Morgan fingerprint density at radius 1 is 1.00 bits per heavy atom. The van der Waals surface area contributed by atoms with Crippen molar-refractivity contribution in [2.75, 3.05) is 0 Å². The molecule has 1 saturated carbocycles. The highest BCUT2D eigenvalue weighted by Gasteiger charge is 2.20. The van der Waals surface area contributed by atoms with Crippen LogP contribution in [0.2, 0.25) is 0 Å². The molecule has 0 unspecified atom stereocenters. The summed E-state index contributed by atoms with van der Waals surface area (Å²) in [6, 6.07) is 1.94. The third-order valence-corrected chi connectivity index (χ3v) is 2.80. The molecule has 2 heteroatoms. The first-order valence-electron chi connectivity index (χ1n) is 5.65. The van der Waals surface area contributed by atoms with Crippen molar-refractivity contribution in [2.24, 2.45) is 0 Å². The van der Waals surface area contributed by atoms with Crippen molar-refractivity contribution >= 4 is 0 Å². The Kier molecular flexibility index (Phi) is 4.20. The van der Waals surface area contributed by atoms with Crippen LogP contribution in [0.1, 0.15) is 53.4 Å². The predicted octanol–water partition coefficient (Wildman–Crippen LogP) is 2.55. The molecule has 0 aromatic heterocycles. The van der Waals surface area contributed by atoms with E-state index in [1.165, 1.54) is 25.7 Å². The molecule has 1 rings (SSSR count). The Morgan fingerprint density at radius 2 is 1.46 bits per heavy atom. The van der Waals surface area contributed by atoms with Gasteiger partial charge >= 0.3 is 0 Å². The molecule has 0 aromatic carbocycles. The van der Waals surface area contributed by atoms with Gasteiger partial charge < -0.3 is 0 Å². The summed E-state index contributed by atoms with van der Waals surface area (Å²) >= 11 is 0. The lowest BCUT2D eigenvalue weighted by Gasteiger charge is -2.33. The first-order chi connectivity index (χ1) is 6.11. The van der Waals surface area contributed by atoms with Gasteiger partial charge in [-0.25, -0.2) is 5.01 Å². The second kappa shape index (κ2) is 4.97. The average molecular weight is 184 g/mol. The number of nitrogens with one attached hydrogen (secondary N) is 1. The molecule has 0 spiro atoms. The van der Waals surface area contributed by atoms with Crippen LogP contribution >= 0.6 is 0 Å².